The molecule has 1 rings (SSSR count). The van der Waals surface area contributed by atoms with E-state index in [9.17, 15) is 0 Å². The van der Waals surface area contributed by atoms with Crippen molar-refractivity contribution < 1.29 is 0 Å². The Balaban J connectivity index is 0.000000461. The van der Waals surface area contributed by atoms with Gasteiger partial charge in [0, 0.05) is 6.38 Å². The number of allylic oxidation sites excluding steroid dienone is 1. The highest BCUT2D eigenvalue weighted by Crippen LogP contribution is 1.98. The lowest BCUT2D eigenvalue weighted by atomic mass is 10.2. The quantitative estimate of drug-likeness (QED) is 0.470. The maximum absolute atomic E-state index is 4.64. The summed E-state index contributed by atoms with van der Waals surface area (Å²) in [4.78, 5) is 0. The van der Waals surface area contributed by atoms with Gasteiger partial charge in [-0.05, 0) is 12.0 Å². The highest BCUT2D eigenvalue weighted by molar-refractivity contribution is 6.15. The molecule has 0 aromatic heterocycles. The Morgan fingerprint density at radius 3 is 2.27 bits per heavy atom. The fraction of sp³-hybridized carbons (Fsp3) is 0.200. The van der Waals surface area contributed by atoms with Gasteiger partial charge in [0.1, 0.15) is 0 Å². The fourth-order valence-electron chi connectivity index (χ4n) is 0.781. The predicted octanol–water partition coefficient (Wildman–Crippen LogP) is 3.27. The van der Waals surface area contributed by atoms with Crippen LogP contribution in [-0.4, -0.2) is 6.38 Å². The third kappa shape index (κ3) is 4.63. The molecule has 0 nitrogen and oxygen atoms in total. The van der Waals surface area contributed by atoms with Crippen molar-refractivity contribution in [3.05, 3.63) is 48.6 Å². The largest absolute Gasteiger partial charge is 0.130 e. The van der Waals surface area contributed by atoms with Crippen LogP contribution < -0.4 is 0 Å². The van der Waals surface area contributed by atoms with Crippen LogP contribution in [0, 0.1) is 0 Å². The minimum Gasteiger partial charge on any atom is -0.130 e. The monoisotopic (exact) mass is 168 g/mol. The molecule has 0 fully saturated rings. The molecular formula is C10H13Cl. The summed E-state index contributed by atoms with van der Waals surface area (Å²) in [6.07, 6.45) is 4.36. The van der Waals surface area contributed by atoms with Crippen molar-refractivity contribution in [1.29, 1.82) is 0 Å². The summed E-state index contributed by atoms with van der Waals surface area (Å²) in [6, 6.07) is 10.3. The van der Waals surface area contributed by atoms with E-state index in [0.717, 1.165) is 6.42 Å². The highest BCUT2D eigenvalue weighted by Gasteiger charge is 1.82. The van der Waals surface area contributed by atoms with Crippen LogP contribution in [0.4, 0.5) is 0 Å². The second-order valence-corrected chi connectivity index (χ2v) is 1.98. The Morgan fingerprint density at radius 1 is 1.27 bits per heavy atom. The van der Waals surface area contributed by atoms with E-state index >= 15 is 0 Å². The van der Waals surface area contributed by atoms with Gasteiger partial charge in [0.05, 0.1) is 0 Å². The van der Waals surface area contributed by atoms with Crippen LogP contribution in [0.15, 0.2) is 43.0 Å². The molecule has 0 N–H and O–H groups in total. The normalized spacial score (nSPS) is 7.82. The molecule has 1 aromatic rings. The molecule has 0 aliphatic heterocycles. The van der Waals surface area contributed by atoms with Gasteiger partial charge >= 0.3 is 0 Å². The van der Waals surface area contributed by atoms with Gasteiger partial charge in [-0.2, -0.15) is 0 Å². The molecule has 0 spiro atoms. The number of halogens is 1. The van der Waals surface area contributed by atoms with Gasteiger partial charge in [-0.25, -0.2) is 0 Å². The van der Waals surface area contributed by atoms with E-state index in [0.29, 0.717) is 0 Å². The van der Waals surface area contributed by atoms with E-state index in [2.05, 4.69) is 30.3 Å². The van der Waals surface area contributed by atoms with Crippen LogP contribution >= 0.6 is 11.6 Å². The molecule has 0 saturated heterocycles. The van der Waals surface area contributed by atoms with Crippen LogP contribution in [0.1, 0.15) is 5.56 Å². The van der Waals surface area contributed by atoms with E-state index in [1.165, 1.54) is 11.9 Å². The summed E-state index contributed by atoms with van der Waals surface area (Å²) in [6.45, 7) is 3.66. The Hall–Kier alpha value is -0.750. The molecule has 0 bridgehead atoms. The number of benzene rings is 1. The van der Waals surface area contributed by atoms with Gasteiger partial charge in [0.25, 0.3) is 0 Å². The second-order valence-electron chi connectivity index (χ2n) is 1.98. The molecule has 0 amide bonds. The van der Waals surface area contributed by atoms with E-state index < -0.39 is 0 Å². The Bertz CT molecular complexity index is 179. The molecule has 0 atom stereocenters. The Kier molecular flexibility index (Phi) is 6.86. The van der Waals surface area contributed by atoms with E-state index in [1.807, 2.05) is 24.3 Å². The third-order valence-corrected chi connectivity index (χ3v) is 1.22. The zero-order chi connectivity index (χ0) is 8.53. The Morgan fingerprint density at radius 2 is 1.82 bits per heavy atom. The predicted molar refractivity (Wildman–Crippen MR) is 52.1 cm³/mol. The zero-order valence-corrected chi connectivity index (χ0v) is 7.51. The van der Waals surface area contributed by atoms with Crippen molar-refractivity contribution >= 4 is 11.6 Å². The molecular weight excluding hydrogens is 156 g/mol. The maximum atomic E-state index is 4.64. The standard InChI is InChI=1S/C9H10.CH3Cl/c1-2-6-9-7-4-3-5-8-9;1-2/h2-5,7-8H,1,6H2;1H3. The number of hydrogen-bond acceptors (Lipinski definition) is 0. The van der Waals surface area contributed by atoms with Crippen LogP contribution in [-0.2, 0) is 6.42 Å². The highest BCUT2D eigenvalue weighted by atomic mass is 35.5. The summed E-state index contributed by atoms with van der Waals surface area (Å²) in [7, 11) is 0. The van der Waals surface area contributed by atoms with Crippen molar-refractivity contribution in [3.63, 3.8) is 0 Å². The smallest absolute Gasteiger partial charge is 0.0108 e. The minimum absolute atomic E-state index is 0.973. The first kappa shape index (κ1) is 10.2. The SMILES string of the molecule is C=CCc1ccccc1.CCl. The maximum Gasteiger partial charge on any atom is 0.0108 e. The average Bonchev–Trinajstić information content (AvgIpc) is 2.11. The van der Waals surface area contributed by atoms with Crippen molar-refractivity contribution in [2.45, 2.75) is 6.42 Å². The Labute approximate surface area is 73.5 Å². The van der Waals surface area contributed by atoms with Crippen LogP contribution in [0.3, 0.4) is 0 Å². The van der Waals surface area contributed by atoms with Crippen molar-refractivity contribution in [3.8, 4) is 0 Å². The second kappa shape index (κ2) is 7.36. The lowest BCUT2D eigenvalue weighted by molar-refractivity contribution is 1.28. The zero-order valence-electron chi connectivity index (χ0n) is 6.76. The molecule has 11 heavy (non-hydrogen) atoms. The van der Waals surface area contributed by atoms with Gasteiger partial charge < -0.3 is 0 Å². The summed E-state index contributed by atoms with van der Waals surface area (Å²) < 4.78 is 0. The first-order valence-corrected chi connectivity index (χ1v) is 4.21. The van der Waals surface area contributed by atoms with E-state index in [4.69, 9.17) is 0 Å². The molecule has 0 unspecified atom stereocenters. The molecule has 0 saturated carbocycles. The van der Waals surface area contributed by atoms with Crippen LogP contribution in [0.5, 0.6) is 0 Å². The third-order valence-electron chi connectivity index (χ3n) is 1.22. The van der Waals surface area contributed by atoms with Gasteiger partial charge in [0.15, 0.2) is 0 Å². The lowest BCUT2D eigenvalue weighted by Crippen LogP contribution is -1.75. The van der Waals surface area contributed by atoms with E-state index in [-0.39, 0.29) is 0 Å². The number of alkyl halides is 1. The topological polar surface area (TPSA) is 0 Å². The van der Waals surface area contributed by atoms with Gasteiger partial charge in [-0.1, -0.05) is 36.4 Å². The average molecular weight is 169 g/mol. The number of rotatable bonds is 2. The summed E-state index contributed by atoms with van der Waals surface area (Å²) in [5.74, 6) is 0. The van der Waals surface area contributed by atoms with Gasteiger partial charge in [-0.3, -0.25) is 0 Å². The molecule has 60 valence electrons. The minimum atomic E-state index is 0.973. The summed E-state index contributed by atoms with van der Waals surface area (Å²) in [5.41, 5.74) is 1.33. The first-order valence-electron chi connectivity index (χ1n) is 3.46. The molecule has 1 aromatic carbocycles. The van der Waals surface area contributed by atoms with E-state index in [1.54, 1.807) is 0 Å². The molecule has 0 radical (unpaired) electrons. The van der Waals surface area contributed by atoms with Crippen LogP contribution in [0.25, 0.3) is 0 Å². The first-order chi connectivity index (χ1) is 5.43. The van der Waals surface area contributed by atoms with Crippen molar-refractivity contribution in [2.75, 3.05) is 6.38 Å². The molecule has 0 aliphatic carbocycles. The van der Waals surface area contributed by atoms with Crippen LogP contribution in [0.2, 0.25) is 0 Å². The van der Waals surface area contributed by atoms with Crippen molar-refractivity contribution in [1.82, 2.24) is 0 Å². The lowest BCUT2D eigenvalue weighted by Gasteiger charge is -1.91. The molecule has 0 aliphatic rings. The van der Waals surface area contributed by atoms with Gasteiger partial charge in [-0.15, -0.1) is 18.2 Å². The summed E-state index contributed by atoms with van der Waals surface area (Å²) in [5, 5.41) is 0. The van der Waals surface area contributed by atoms with Crippen molar-refractivity contribution in [2.24, 2.45) is 0 Å². The summed E-state index contributed by atoms with van der Waals surface area (Å²) >= 11 is 4.64. The number of hydrogen-bond donors (Lipinski definition) is 0. The van der Waals surface area contributed by atoms with Gasteiger partial charge in [0.2, 0.25) is 0 Å². The molecule has 0 heterocycles. The fourth-order valence-corrected chi connectivity index (χ4v) is 0.781. The molecule has 1 heteroatoms.